The maximum absolute atomic E-state index is 11.6. The van der Waals surface area contributed by atoms with Gasteiger partial charge in [-0.15, -0.1) is 12.4 Å². The minimum absolute atomic E-state index is 0. The van der Waals surface area contributed by atoms with Gasteiger partial charge in [0.05, 0.1) is 6.07 Å². The fourth-order valence-electron chi connectivity index (χ4n) is 1.70. The van der Waals surface area contributed by atoms with Crippen LogP contribution in [0, 0.1) is 10.1 Å². The third-order valence-electron chi connectivity index (χ3n) is 2.95. The maximum atomic E-state index is 11.6. The Morgan fingerprint density at radius 2 is 2.22 bits per heavy atom. The fraction of sp³-hybridized carbons (Fsp3) is 0.500. The first-order chi connectivity index (χ1) is 8.00. The summed E-state index contributed by atoms with van der Waals surface area (Å²) < 4.78 is 4.77. The summed E-state index contributed by atoms with van der Waals surface area (Å²) in [5.41, 5.74) is 5.60. The van der Waals surface area contributed by atoms with Gasteiger partial charge in [-0.3, -0.25) is 14.9 Å². The van der Waals surface area contributed by atoms with Crippen LogP contribution in [0.5, 0.6) is 0 Å². The first kappa shape index (κ1) is 14.5. The van der Waals surface area contributed by atoms with Crippen LogP contribution in [0.3, 0.4) is 0 Å². The lowest BCUT2D eigenvalue weighted by molar-refractivity contribution is -0.402. The van der Waals surface area contributed by atoms with Crippen molar-refractivity contribution in [2.45, 2.75) is 24.8 Å². The highest BCUT2D eigenvalue weighted by molar-refractivity contribution is 5.91. The predicted molar refractivity (Wildman–Crippen MR) is 65.7 cm³/mol. The van der Waals surface area contributed by atoms with Crippen LogP contribution in [-0.4, -0.2) is 22.9 Å². The molecule has 2 rings (SSSR count). The van der Waals surface area contributed by atoms with Crippen LogP contribution in [-0.2, 0) is 0 Å². The molecule has 1 aliphatic carbocycles. The molecule has 1 aliphatic rings. The van der Waals surface area contributed by atoms with Crippen molar-refractivity contribution in [1.29, 1.82) is 0 Å². The Morgan fingerprint density at radius 1 is 1.56 bits per heavy atom. The number of nitro groups is 1. The van der Waals surface area contributed by atoms with E-state index in [9.17, 15) is 14.9 Å². The molecule has 8 heteroatoms. The van der Waals surface area contributed by atoms with Crippen molar-refractivity contribution in [2.75, 3.05) is 6.54 Å². The third-order valence-corrected chi connectivity index (χ3v) is 2.95. The first-order valence-corrected chi connectivity index (χ1v) is 5.31. The largest absolute Gasteiger partial charge is 0.433 e. The molecule has 1 aromatic heterocycles. The van der Waals surface area contributed by atoms with Crippen molar-refractivity contribution in [2.24, 2.45) is 5.73 Å². The van der Waals surface area contributed by atoms with E-state index in [2.05, 4.69) is 5.32 Å². The van der Waals surface area contributed by atoms with E-state index in [0.29, 0.717) is 6.54 Å². The zero-order valence-corrected chi connectivity index (χ0v) is 10.4. The highest BCUT2D eigenvalue weighted by Crippen LogP contribution is 2.28. The number of nitrogens with two attached hydrogens (primary N) is 1. The Labute approximate surface area is 109 Å². The van der Waals surface area contributed by atoms with E-state index >= 15 is 0 Å². The molecule has 0 radical (unpaired) electrons. The number of halogens is 1. The van der Waals surface area contributed by atoms with Crippen molar-refractivity contribution in [3.8, 4) is 0 Å². The van der Waals surface area contributed by atoms with Gasteiger partial charge in [-0.05, 0) is 25.3 Å². The summed E-state index contributed by atoms with van der Waals surface area (Å²) in [4.78, 5) is 21.3. The minimum Gasteiger partial charge on any atom is -0.395 e. The quantitative estimate of drug-likeness (QED) is 0.634. The number of carbonyl (C=O) groups is 1. The van der Waals surface area contributed by atoms with Crippen LogP contribution in [0.4, 0.5) is 5.88 Å². The molecule has 0 bridgehead atoms. The van der Waals surface area contributed by atoms with Gasteiger partial charge in [0.1, 0.15) is 4.92 Å². The van der Waals surface area contributed by atoms with Gasteiger partial charge in [0.15, 0.2) is 5.76 Å². The van der Waals surface area contributed by atoms with Gasteiger partial charge in [-0.25, -0.2) is 0 Å². The molecule has 0 aliphatic heterocycles. The van der Waals surface area contributed by atoms with Crippen LogP contribution in [0.15, 0.2) is 16.5 Å². The van der Waals surface area contributed by atoms with E-state index in [1.165, 1.54) is 6.07 Å². The van der Waals surface area contributed by atoms with Gasteiger partial charge in [0, 0.05) is 12.1 Å². The molecule has 1 heterocycles. The average molecular weight is 276 g/mol. The first-order valence-electron chi connectivity index (χ1n) is 5.31. The number of nitrogens with zero attached hydrogens (tertiary/aromatic N) is 1. The van der Waals surface area contributed by atoms with E-state index in [1.807, 2.05) is 0 Å². The van der Waals surface area contributed by atoms with Crippen molar-refractivity contribution in [1.82, 2.24) is 5.32 Å². The number of nitrogens with one attached hydrogen (secondary N) is 1. The Balaban J connectivity index is 0.00000162. The summed E-state index contributed by atoms with van der Waals surface area (Å²) in [5, 5.41) is 13.0. The topological polar surface area (TPSA) is 111 Å². The highest BCUT2D eigenvalue weighted by atomic mass is 35.5. The number of hydrogen-bond donors (Lipinski definition) is 2. The Morgan fingerprint density at radius 3 is 2.67 bits per heavy atom. The van der Waals surface area contributed by atoms with Crippen LogP contribution < -0.4 is 11.1 Å². The summed E-state index contributed by atoms with van der Waals surface area (Å²) in [7, 11) is 0. The maximum Gasteiger partial charge on any atom is 0.433 e. The van der Waals surface area contributed by atoms with E-state index in [-0.39, 0.29) is 23.7 Å². The van der Waals surface area contributed by atoms with Gasteiger partial charge < -0.3 is 15.5 Å². The number of hydrogen-bond acceptors (Lipinski definition) is 5. The van der Waals surface area contributed by atoms with Gasteiger partial charge in [0.25, 0.3) is 5.91 Å². The van der Waals surface area contributed by atoms with Crippen molar-refractivity contribution in [3.63, 3.8) is 0 Å². The molecular weight excluding hydrogens is 262 g/mol. The van der Waals surface area contributed by atoms with Crippen LogP contribution >= 0.6 is 12.4 Å². The number of furan rings is 1. The SMILES string of the molecule is Cl.NC1(CNC(=O)c2ccc([N+](=O)[O-])o2)CCC1. The Kier molecular flexibility index (Phi) is 4.31. The van der Waals surface area contributed by atoms with E-state index in [0.717, 1.165) is 25.3 Å². The monoisotopic (exact) mass is 275 g/mol. The van der Waals surface area contributed by atoms with Gasteiger partial charge in [-0.2, -0.15) is 0 Å². The normalized spacial score (nSPS) is 16.3. The smallest absolute Gasteiger partial charge is 0.395 e. The van der Waals surface area contributed by atoms with E-state index < -0.39 is 16.7 Å². The molecule has 0 spiro atoms. The second-order valence-corrected chi connectivity index (χ2v) is 4.29. The van der Waals surface area contributed by atoms with E-state index in [4.69, 9.17) is 10.2 Å². The van der Waals surface area contributed by atoms with Crippen molar-refractivity contribution < 1.29 is 14.1 Å². The Bertz CT molecular complexity index is 456. The molecular formula is C10H14ClN3O4. The minimum atomic E-state index is -0.687. The number of carbonyl (C=O) groups excluding carboxylic acids is 1. The zero-order chi connectivity index (χ0) is 12.5. The summed E-state index contributed by atoms with van der Waals surface area (Å²) in [5.74, 6) is -0.990. The zero-order valence-electron chi connectivity index (χ0n) is 9.55. The van der Waals surface area contributed by atoms with Crippen molar-refractivity contribution in [3.05, 3.63) is 28.0 Å². The Hall–Kier alpha value is -1.60. The lowest BCUT2D eigenvalue weighted by Crippen LogP contribution is -2.54. The van der Waals surface area contributed by atoms with Crippen molar-refractivity contribution >= 4 is 24.2 Å². The van der Waals surface area contributed by atoms with Crippen LogP contribution in [0.1, 0.15) is 29.8 Å². The second kappa shape index (κ2) is 5.36. The molecule has 1 fully saturated rings. The molecule has 0 aromatic carbocycles. The molecule has 7 nitrogen and oxygen atoms in total. The number of rotatable bonds is 4. The summed E-state index contributed by atoms with van der Waals surface area (Å²) in [6.07, 6.45) is 2.83. The summed E-state index contributed by atoms with van der Waals surface area (Å²) in [6, 6.07) is 2.42. The summed E-state index contributed by atoms with van der Waals surface area (Å²) in [6.45, 7) is 0.361. The lowest BCUT2D eigenvalue weighted by atomic mass is 9.78. The molecule has 18 heavy (non-hydrogen) atoms. The molecule has 1 saturated carbocycles. The lowest BCUT2D eigenvalue weighted by Gasteiger charge is -2.37. The molecule has 0 saturated heterocycles. The van der Waals surface area contributed by atoms with Crippen LogP contribution in [0.2, 0.25) is 0 Å². The van der Waals surface area contributed by atoms with Crippen LogP contribution in [0.25, 0.3) is 0 Å². The number of amides is 1. The second-order valence-electron chi connectivity index (χ2n) is 4.29. The molecule has 1 amide bonds. The standard InChI is InChI=1S/C10H13N3O4.ClH/c11-10(4-1-5-10)6-12-9(14)7-2-3-8(17-7)13(15)16;/h2-3H,1,4-6,11H2,(H,12,14);1H. The predicted octanol–water partition coefficient (Wildman–Crippen LogP) is 1.22. The van der Waals surface area contributed by atoms with Gasteiger partial charge in [0.2, 0.25) is 0 Å². The van der Waals surface area contributed by atoms with E-state index in [1.54, 1.807) is 0 Å². The highest BCUT2D eigenvalue weighted by Gasteiger charge is 2.33. The fourth-order valence-corrected chi connectivity index (χ4v) is 1.70. The molecule has 0 unspecified atom stereocenters. The third kappa shape index (κ3) is 2.99. The average Bonchev–Trinajstić information content (AvgIpc) is 2.72. The van der Waals surface area contributed by atoms with Gasteiger partial charge >= 0.3 is 5.88 Å². The molecule has 1 aromatic rings. The molecule has 3 N–H and O–H groups in total. The van der Waals surface area contributed by atoms with Gasteiger partial charge in [-0.1, -0.05) is 0 Å². The molecule has 0 atom stereocenters. The molecule has 100 valence electrons. The summed E-state index contributed by atoms with van der Waals surface area (Å²) >= 11 is 0.